The van der Waals surface area contributed by atoms with Gasteiger partial charge >= 0.3 is 14.2 Å². The average molecular weight is 270 g/mol. The van der Waals surface area contributed by atoms with Gasteiger partial charge in [0.1, 0.15) is 0 Å². The molecule has 0 aliphatic heterocycles. The van der Waals surface area contributed by atoms with Crippen LogP contribution in [0.5, 0.6) is 0 Å². The number of benzene rings is 2. The predicted octanol–water partition coefficient (Wildman–Crippen LogP) is -1.43. The first-order chi connectivity index (χ1) is 9.47. The summed E-state index contributed by atoms with van der Waals surface area (Å²) in [5.41, 5.74) is -0.330. The Labute approximate surface area is 116 Å². The largest absolute Gasteiger partial charge is 0.488 e. The number of hydrogen-bond donors (Lipinski definition) is 4. The van der Waals surface area contributed by atoms with Crippen molar-refractivity contribution < 1.29 is 24.9 Å². The quantitative estimate of drug-likeness (QED) is 0.310. The third-order valence-electron chi connectivity index (χ3n) is 3.10. The standard InChI is InChI=1S/C13H12B2O5/c1-2-11(16)10-7-8-5-3-4-6-9(8)12(14(17)18)13(10)15(19)20/h2-7,17-20H,1H2. The molecule has 4 N–H and O–H groups in total. The molecule has 0 fully saturated rings. The van der Waals surface area contributed by atoms with Crippen molar-refractivity contribution in [2.45, 2.75) is 0 Å². The fourth-order valence-corrected chi connectivity index (χ4v) is 2.26. The smallest absolute Gasteiger partial charge is 0.423 e. The van der Waals surface area contributed by atoms with Crippen LogP contribution in [0.1, 0.15) is 10.4 Å². The molecule has 7 heteroatoms. The predicted molar refractivity (Wildman–Crippen MR) is 78.1 cm³/mol. The third kappa shape index (κ3) is 2.39. The van der Waals surface area contributed by atoms with Crippen LogP contribution in [0, 0.1) is 0 Å². The molecule has 0 saturated carbocycles. The van der Waals surface area contributed by atoms with E-state index in [0.717, 1.165) is 6.08 Å². The average Bonchev–Trinajstić information content (AvgIpc) is 2.43. The Morgan fingerprint density at radius 2 is 1.65 bits per heavy atom. The number of carbonyl (C=O) groups is 1. The summed E-state index contributed by atoms with van der Waals surface area (Å²) in [5.74, 6) is -0.527. The van der Waals surface area contributed by atoms with Gasteiger partial charge in [-0.2, -0.15) is 0 Å². The van der Waals surface area contributed by atoms with Gasteiger partial charge in [0.15, 0.2) is 5.78 Å². The van der Waals surface area contributed by atoms with E-state index in [2.05, 4.69) is 6.58 Å². The van der Waals surface area contributed by atoms with Crippen LogP contribution >= 0.6 is 0 Å². The number of fused-ring (bicyclic) bond motifs is 1. The molecule has 0 aromatic heterocycles. The lowest BCUT2D eigenvalue weighted by Crippen LogP contribution is -2.52. The zero-order valence-electron chi connectivity index (χ0n) is 10.5. The first kappa shape index (κ1) is 14.5. The van der Waals surface area contributed by atoms with Crippen LogP contribution < -0.4 is 10.9 Å². The van der Waals surface area contributed by atoms with E-state index in [1.165, 1.54) is 6.07 Å². The first-order valence-corrected chi connectivity index (χ1v) is 5.92. The van der Waals surface area contributed by atoms with E-state index in [0.29, 0.717) is 10.8 Å². The van der Waals surface area contributed by atoms with Crippen molar-refractivity contribution in [3.63, 3.8) is 0 Å². The molecular formula is C13H12B2O5. The number of ketones is 1. The topological polar surface area (TPSA) is 98.0 Å². The maximum Gasteiger partial charge on any atom is 0.488 e. The Hall–Kier alpha value is -1.92. The molecule has 2 rings (SSSR count). The molecule has 2 aromatic rings. The van der Waals surface area contributed by atoms with Gasteiger partial charge < -0.3 is 20.1 Å². The van der Waals surface area contributed by atoms with Crippen molar-refractivity contribution in [3.05, 3.63) is 48.6 Å². The number of carbonyl (C=O) groups excluding carboxylic acids is 1. The summed E-state index contributed by atoms with van der Waals surface area (Å²) < 4.78 is 0. The van der Waals surface area contributed by atoms with E-state index in [4.69, 9.17) is 0 Å². The molecule has 0 unspecified atom stereocenters. The van der Waals surface area contributed by atoms with Crippen molar-refractivity contribution in [1.82, 2.24) is 0 Å². The minimum Gasteiger partial charge on any atom is -0.423 e. The van der Waals surface area contributed by atoms with Gasteiger partial charge in [-0.1, -0.05) is 30.8 Å². The molecule has 20 heavy (non-hydrogen) atoms. The van der Waals surface area contributed by atoms with Crippen LogP contribution in [0.15, 0.2) is 43.0 Å². The highest BCUT2D eigenvalue weighted by Crippen LogP contribution is 2.14. The first-order valence-electron chi connectivity index (χ1n) is 5.92. The third-order valence-corrected chi connectivity index (χ3v) is 3.10. The summed E-state index contributed by atoms with van der Waals surface area (Å²) in [6.45, 7) is 3.35. The van der Waals surface area contributed by atoms with Crippen molar-refractivity contribution in [3.8, 4) is 0 Å². The van der Waals surface area contributed by atoms with Gasteiger partial charge in [-0.05, 0) is 33.8 Å². The second kappa shape index (κ2) is 5.60. The number of rotatable bonds is 4. The summed E-state index contributed by atoms with van der Waals surface area (Å²) in [5, 5.41) is 39.0. The second-order valence-corrected chi connectivity index (χ2v) is 4.29. The zero-order chi connectivity index (χ0) is 14.9. The summed E-state index contributed by atoms with van der Waals surface area (Å²) in [7, 11) is -3.94. The normalized spacial score (nSPS) is 10.4. The van der Waals surface area contributed by atoms with E-state index in [1.54, 1.807) is 24.3 Å². The summed E-state index contributed by atoms with van der Waals surface area (Å²) >= 11 is 0. The van der Waals surface area contributed by atoms with Crippen molar-refractivity contribution in [2.75, 3.05) is 0 Å². The molecule has 0 radical (unpaired) electrons. The zero-order valence-corrected chi connectivity index (χ0v) is 10.5. The van der Waals surface area contributed by atoms with Crippen LogP contribution in [-0.2, 0) is 0 Å². The van der Waals surface area contributed by atoms with E-state index in [-0.39, 0.29) is 16.5 Å². The maximum atomic E-state index is 11.9. The molecule has 2 aromatic carbocycles. The van der Waals surface area contributed by atoms with E-state index >= 15 is 0 Å². The van der Waals surface area contributed by atoms with Crippen LogP contribution in [0.3, 0.4) is 0 Å². The number of allylic oxidation sites excluding steroid dienone is 1. The van der Waals surface area contributed by atoms with Gasteiger partial charge in [0.05, 0.1) is 0 Å². The van der Waals surface area contributed by atoms with Gasteiger partial charge in [0.2, 0.25) is 0 Å². The van der Waals surface area contributed by atoms with Crippen molar-refractivity contribution in [1.29, 1.82) is 0 Å². The highest BCUT2D eigenvalue weighted by atomic mass is 16.4. The van der Waals surface area contributed by atoms with Crippen LogP contribution in [0.25, 0.3) is 10.8 Å². The Morgan fingerprint density at radius 1 is 1.05 bits per heavy atom. The van der Waals surface area contributed by atoms with Gasteiger partial charge in [0.25, 0.3) is 0 Å². The lowest BCUT2D eigenvalue weighted by atomic mass is 9.62. The van der Waals surface area contributed by atoms with Gasteiger partial charge in [-0.15, -0.1) is 0 Å². The molecule has 5 nitrogen and oxygen atoms in total. The van der Waals surface area contributed by atoms with Crippen molar-refractivity contribution >= 4 is 41.7 Å². The van der Waals surface area contributed by atoms with Crippen molar-refractivity contribution in [2.24, 2.45) is 0 Å². The van der Waals surface area contributed by atoms with E-state index in [9.17, 15) is 24.9 Å². The molecule has 0 heterocycles. The number of hydrogen-bond acceptors (Lipinski definition) is 5. The highest BCUT2D eigenvalue weighted by molar-refractivity contribution is 6.75. The summed E-state index contributed by atoms with van der Waals surface area (Å²) in [4.78, 5) is 11.9. The lowest BCUT2D eigenvalue weighted by Gasteiger charge is -2.16. The SMILES string of the molecule is C=CC(=O)c1cc2ccccc2c(B(O)O)c1B(O)O. The molecule has 0 spiro atoms. The molecule has 0 aliphatic rings. The molecule has 0 bridgehead atoms. The molecule has 0 amide bonds. The van der Waals surface area contributed by atoms with Gasteiger partial charge in [-0.3, -0.25) is 4.79 Å². The molecule has 100 valence electrons. The summed E-state index contributed by atoms with van der Waals surface area (Å²) in [6.07, 6.45) is 1.03. The lowest BCUT2D eigenvalue weighted by molar-refractivity contribution is 0.104. The Balaban J connectivity index is 2.95. The Bertz CT molecular complexity index is 682. The maximum absolute atomic E-state index is 11.9. The summed E-state index contributed by atoms with van der Waals surface area (Å²) in [6, 6.07) is 8.18. The Kier molecular flexibility index (Phi) is 4.06. The molecule has 0 saturated heterocycles. The minimum atomic E-state index is -2.00. The molecular weight excluding hydrogens is 258 g/mol. The van der Waals surface area contributed by atoms with Crippen LogP contribution in [-0.4, -0.2) is 40.1 Å². The molecule has 0 aliphatic carbocycles. The highest BCUT2D eigenvalue weighted by Gasteiger charge is 2.30. The second-order valence-electron chi connectivity index (χ2n) is 4.29. The van der Waals surface area contributed by atoms with Crippen LogP contribution in [0.2, 0.25) is 0 Å². The monoisotopic (exact) mass is 270 g/mol. The van der Waals surface area contributed by atoms with E-state index < -0.39 is 20.0 Å². The van der Waals surface area contributed by atoms with Gasteiger partial charge in [0, 0.05) is 5.56 Å². The fraction of sp³-hybridized carbons (Fsp3) is 0. The Morgan fingerprint density at radius 3 is 2.20 bits per heavy atom. The van der Waals surface area contributed by atoms with Gasteiger partial charge in [-0.25, -0.2) is 0 Å². The minimum absolute atomic E-state index is 0.0169. The molecule has 0 atom stereocenters. The van der Waals surface area contributed by atoms with Crippen LogP contribution in [0.4, 0.5) is 0 Å². The van der Waals surface area contributed by atoms with E-state index in [1.807, 2.05) is 0 Å². The fourth-order valence-electron chi connectivity index (χ4n) is 2.26.